The summed E-state index contributed by atoms with van der Waals surface area (Å²) in [7, 11) is 0. The maximum atomic E-state index is 12.4. The van der Waals surface area contributed by atoms with Gasteiger partial charge in [-0.3, -0.25) is 9.59 Å². The largest absolute Gasteiger partial charge is 0.481 e. The average molecular weight is 335 g/mol. The smallest absolute Gasteiger partial charge is 0.303 e. The Morgan fingerprint density at radius 1 is 1.25 bits per heavy atom. The van der Waals surface area contributed by atoms with Crippen LogP contribution in [0.5, 0.6) is 5.75 Å². The molecular weight excluding hydrogens is 306 g/mol. The van der Waals surface area contributed by atoms with Crippen LogP contribution in [-0.4, -0.2) is 28.6 Å². The number of benzene rings is 1. The molecule has 0 bridgehead atoms. The molecule has 1 atom stereocenters. The molecule has 0 aromatic heterocycles. The van der Waals surface area contributed by atoms with Crippen LogP contribution in [0.2, 0.25) is 0 Å². The molecule has 1 unspecified atom stereocenters. The summed E-state index contributed by atoms with van der Waals surface area (Å²) in [5.41, 5.74) is 1.54. The van der Waals surface area contributed by atoms with E-state index in [1.165, 1.54) is 0 Å². The molecular formula is C19H29NO4. The Hall–Kier alpha value is -2.04. The first-order chi connectivity index (χ1) is 11.0. The minimum absolute atomic E-state index is 0.0118. The average Bonchev–Trinajstić information content (AvgIpc) is 2.44. The van der Waals surface area contributed by atoms with Crippen LogP contribution in [0.25, 0.3) is 0 Å². The van der Waals surface area contributed by atoms with Gasteiger partial charge in [0.15, 0.2) is 6.10 Å². The first-order valence-electron chi connectivity index (χ1n) is 8.33. The highest BCUT2D eigenvalue weighted by atomic mass is 16.5. The molecule has 5 nitrogen and oxygen atoms in total. The van der Waals surface area contributed by atoms with E-state index in [1.54, 1.807) is 6.92 Å². The number of carboxylic acids is 1. The van der Waals surface area contributed by atoms with Crippen LogP contribution in [0.4, 0.5) is 0 Å². The van der Waals surface area contributed by atoms with Gasteiger partial charge in [0.05, 0.1) is 0 Å². The number of aryl methyl sites for hydroxylation is 1. The van der Waals surface area contributed by atoms with Crippen molar-refractivity contribution in [3.8, 4) is 5.75 Å². The highest BCUT2D eigenvalue weighted by Crippen LogP contribution is 2.28. The number of nitrogens with one attached hydrogen (secondary N) is 1. The number of hydrogen-bond donors (Lipinski definition) is 2. The monoisotopic (exact) mass is 335 g/mol. The molecule has 0 fully saturated rings. The van der Waals surface area contributed by atoms with Gasteiger partial charge >= 0.3 is 5.97 Å². The van der Waals surface area contributed by atoms with Crippen molar-refractivity contribution in [3.05, 3.63) is 29.3 Å². The van der Waals surface area contributed by atoms with E-state index in [4.69, 9.17) is 9.84 Å². The van der Waals surface area contributed by atoms with Gasteiger partial charge in [-0.2, -0.15) is 0 Å². The van der Waals surface area contributed by atoms with Crippen molar-refractivity contribution in [1.82, 2.24) is 5.32 Å². The molecule has 0 heterocycles. The molecule has 2 N–H and O–H groups in total. The Labute approximate surface area is 144 Å². The van der Waals surface area contributed by atoms with Crippen LogP contribution >= 0.6 is 0 Å². The van der Waals surface area contributed by atoms with Crippen molar-refractivity contribution in [2.75, 3.05) is 0 Å². The van der Waals surface area contributed by atoms with Gasteiger partial charge in [0.2, 0.25) is 0 Å². The second-order valence-corrected chi connectivity index (χ2v) is 7.22. The summed E-state index contributed by atoms with van der Waals surface area (Å²) in [5.74, 6) is -0.108. The van der Waals surface area contributed by atoms with Crippen LogP contribution in [0, 0.1) is 6.92 Å². The van der Waals surface area contributed by atoms with Gasteiger partial charge in [-0.05, 0) is 57.2 Å². The normalized spacial score (nSPS) is 12.8. The molecule has 0 aliphatic rings. The van der Waals surface area contributed by atoms with Crippen LogP contribution in [-0.2, 0) is 9.59 Å². The van der Waals surface area contributed by atoms with Crippen LogP contribution in [0.1, 0.15) is 64.5 Å². The number of ether oxygens (including phenoxy) is 1. The standard InChI is InChI=1S/C19H29NO4/c1-12(2)15-8-7-13(3)11-16(15)24-14(4)18(23)20-19(5,6)10-9-17(21)22/h7-8,11-12,14H,9-10H2,1-6H3,(H,20,23)(H,21,22). The van der Waals surface area contributed by atoms with E-state index in [1.807, 2.05) is 39.0 Å². The summed E-state index contributed by atoms with van der Waals surface area (Å²) in [6.45, 7) is 11.5. The van der Waals surface area contributed by atoms with Crippen molar-refractivity contribution in [2.45, 2.75) is 71.9 Å². The Kier molecular flexibility index (Phi) is 6.81. The Morgan fingerprint density at radius 3 is 2.42 bits per heavy atom. The lowest BCUT2D eigenvalue weighted by atomic mass is 9.98. The summed E-state index contributed by atoms with van der Waals surface area (Å²) in [4.78, 5) is 23.1. The number of rotatable bonds is 8. The molecule has 0 radical (unpaired) electrons. The first kappa shape index (κ1) is 20.0. The molecule has 0 saturated carbocycles. The number of aliphatic carboxylic acids is 1. The third-order valence-electron chi connectivity index (χ3n) is 3.89. The fourth-order valence-electron chi connectivity index (χ4n) is 2.38. The highest BCUT2D eigenvalue weighted by Gasteiger charge is 2.25. The molecule has 0 aliphatic carbocycles. The third-order valence-corrected chi connectivity index (χ3v) is 3.89. The van der Waals surface area contributed by atoms with E-state index in [0.29, 0.717) is 12.3 Å². The molecule has 1 aromatic carbocycles. The second kappa shape index (κ2) is 8.18. The van der Waals surface area contributed by atoms with Gasteiger partial charge in [-0.25, -0.2) is 0 Å². The molecule has 5 heteroatoms. The summed E-state index contributed by atoms with van der Waals surface area (Å²) in [6, 6.07) is 5.99. The molecule has 1 aromatic rings. The lowest BCUT2D eigenvalue weighted by Crippen LogP contribution is -2.48. The highest BCUT2D eigenvalue weighted by molar-refractivity contribution is 5.81. The second-order valence-electron chi connectivity index (χ2n) is 7.22. The van der Waals surface area contributed by atoms with E-state index in [9.17, 15) is 9.59 Å². The van der Waals surface area contributed by atoms with E-state index in [-0.39, 0.29) is 12.3 Å². The van der Waals surface area contributed by atoms with Crippen LogP contribution in [0.3, 0.4) is 0 Å². The molecule has 24 heavy (non-hydrogen) atoms. The zero-order valence-electron chi connectivity index (χ0n) is 15.5. The van der Waals surface area contributed by atoms with Crippen LogP contribution < -0.4 is 10.1 Å². The number of carbonyl (C=O) groups is 2. The SMILES string of the molecule is Cc1ccc(C(C)C)c(OC(C)C(=O)NC(C)(C)CCC(=O)O)c1. The quantitative estimate of drug-likeness (QED) is 0.760. The van der Waals surface area contributed by atoms with Gasteiger partial charge in [0, 0.05) is 12.0 Å². The van der Waals surface area contributed by atoms with E-state index in [0.717, 1.165) is 16.9 Å². The van der Waals surface area contributed by atoms with Crippen molar-refractivity contribution < 1.29 is 19.4 Å². The summed E-state index contributed by atoms with van der Waals surface area (Å²) >= 11 is 0. The van der Waals surface area contributed by atoms with Crippen LogP contribution in [0.15, 0.2) is 18.2 Å². The fourth-order valence-corrected chi connectivity index (χ4v) is 2.38. The molecule has 0 aliphatic heterocycles. The predicted molar refractivity (Wildman–Crippen MR) is 94.4 cm³/mol. The van der Waals surface area contributed by atoms with Gasteiger partial charge < -0.3 is 15.2 Å². The van der Waals surface area contributed by atoms with Crippen molar-refractivity contribution in [3.63, 3.8) is 0 Å². The summed E-state index contributed by atoms with van der Waals surface area (Å²) in [5, 5.41) is 11.7. The number of amides is 1. The summed E-state index contributed by atoms with van der Waals surface area (Å²) < 4.78 is 5.89. The zero-order chi connectivity index (χ0) is 18.5. The van der Waals surface area contributed by atoms with E-state index >= 15 is 0 Å². The van der Waals surface area contributed by atoms with Gasteiger partial charge in [-0.1, -0.05) is 26.0 Å². The number of carbonyl (C=O) groups excluding carboxylic acids is 1. The summed E-state index contributed by atoms with van der Waals surface area (Å²) in [6.07, 6.45) is -0.284. The van der Waals surface area contributed by atoms with Crippen molar-refractivity contribution >= 4 is 11.9 Å². The minimum Gasteiger partial charge on any atom is -0.481 e. The number of hydrogen-bond acceptors (Lipinski definition) is 3. The van der Waals surface area contributed by atoms with Gasteiger partial charge in [-0.15, -0.1) is 0 Å². The minimum atomic E-state index is -0.872. The Bertz CT molecular complexity index is 593. The molecule has 0 spiro atoms. The molecule has 1 amide bonds. The number of carboxylic acid groups (broad SMARTS) is 1. The Morgan fingerprint density at radius 2 is 1.88 bits per heavy atom. The Balaban J connectivity index is 2.77. The molecule has 0 saturated heterocycles. The predicted octanol–water partition coefficient (Wildman–Crippen LogP) is 3.65. The molecule has 1 rings (SSSR count). The zero-order valence-corrected chi connectivity index (χ0v) is 15.5. The first-order valence-corrected chi connectivity index (χ1v) is 8.33. The lowest BCUT2D eigenvalue weighted by Gasteiger charge is -2.28. The van der Waals surface area contributed by atoms with E-state index < -0.39 is 17.6 Å². The lowest BCUT2D eigenvalue weighted by molar-refractivity contribution is -0.138. The third kappa shape index (κ3) is 6.22. The van der Waals surface area contributed by atoms with Gasteiger partial charge in [0.25, 0.3) is 5.91 Å². The fraction of sp³-hybridized carbons (Fsp3) is 0.579. The maximum absolute atomic E-state index is 12.4. The van der Waals surface area contributed by atoms with Crippen molar-refractivity contribution in [2.24, 2.45) is 0 Å². The van der Waals surface area contributed by atoms with Gasteiger partial charge in [0.1, 0.15) is 5.75 Å². The van der Waals surface area contributed by atoms with Crippen molar-refractivity contribution in [1.29, 1.82) is 0 Å². The molecule has 134 valence electrons. The topological polar surface area (TPSA) is 75.6 Å². The maximum Gasteiger partial charge on any atom is 0.303 e. The van der Waals surface area contributed by atoms with E-state index in [2.05, 4.69) is 19.2 Å².